The maximum absolute atomic E-state index is 10.9. The summed E-state index contributed by atoms with van der Waals surface area (Å²) in [7, 11) is -2.84. The zero-order valence-corrected chi connectivity index (χ0v) is 11.0. The summed E-state index contributed by atoms with van der Waals surface area (Å²) in [5.74, 6) is 0.340. The van der Waals surface area contributed by atoms with Crippen LogP contribution in [0.3, 0.4) is 0 Å². The van der Waals surface area contributed by atoms with Gasteiger partial charge in [0.05, 0.1) is 11.6 Å². The molecule has 0 radical (unpaired) electrons. The number of hydrogen-bond donors (Lipinski definition) is 1. The lowest BCUT2D eigenvalue weighted by Gasteiger charge is -2.06. The lowest BCUT2D eigenvalue weighted by molar-refractivity contribution is 0.412. The van der Waals surface area contributed by atoms with E-state index < -0.39 is 10.1 Å². The van der Waals surface area contributed by atoms with Gasteiger partial charge in [0, 0.05) is 10.5 Å². The number of ether oxygens (including phenoxy) is 1. The Bertz CT molecular complexity index is 455. The van der Waals surface area contributed by atoms with Crippen LogP contribution < -0.4 is 4.74 Å². The Labute approximate surface area is 98.3 Å². The van der Waals surface area contributed by atoms with Crippen LogP contribution >= 0.6 is 31.9 Å². The average molecular weight is 346 g/mol. The third-order valence-corrected chi connectivity index (χ3v) is 4.63. The predicted octanol–water partition coefficient (Wildman–Crippen LogP) is 2.47. The molecule has 0 saturated carbocycles. The van der Waals surface area contributed by atoms with Crippen LogP contribution in [0.15, 0.2) is 26.0 Å². The van der Waals surface area contributed by atoms with Gasteiger partial charge in [-0.25, -0.2) is 0 Å². The molecule has 0 bridgehead atoms. The zero-order valence-electron chi connectivity index (χ0n) is 6.99. The Hall–Kier alpha value is -0.110. The molecule has 14 heavy (non-hydrogen) atoms. The van der Waals surface area contributed by atoms with Gasteiger partial charge in [0.2, 0.25) is 0 Å². The average Bonchev–Trinajstić information content (AvgIpc) is 2.07. The molecule has 0 amide bonds. The number of methoxy groups -OCH3 is 1. The molecule has 0 fully saturated rings. The second kappa shape index (κ2) is 4.18. The highest BCUT2D eigenvalue weighted by Crippen LogP contribution is 2.34. The van der Waals surface area contributed by atoms with Gasteiger partial charge in [-0.15, -0.1) is 0 Å². The van der Waals surface area contributed by atoms with Crippen molar-refractivity contribution < 1.29 is 17.7 Å². The first-order valence-electron chi connectivity index (χ1n) is 3.37. The van der Waals surface area contributed by atoms with Crippen molar-refractivity contribution in [2.75, 3.05) is 7.11 Å². The van der Waals surface area contributed by atoms with Crippen LogP contribution in [0.5, 0.6) is 5.75 Å². The molecule has 0 aromatic heterocycles. The largest absolute Gasteiger partial charge is 0.497 e. The molecular weight excluding hydrogens is 340 g/mol. The highest BCUT2D eigenvalue weighted by atomic mass is 79.9. The van der Waals surface area contributed by atoms with Gasteiger partial charge in [0.15, 0.2) is 0 Å². The maximum Gasteiger partial charge on any atom is 0.295 e. The molecule has 1 aromatic carbocycles. The SMILES string of the molecule is COc1cc(Br)c(Br)c(S(=O)(=O)O)c1. The summed E-state index contributed by atoms with van der Waals surface area (Å²) in [6.45, 7) is 0. The lowest BCUT2D eigenvalue weighted by atomic mass is 10.3. The zero-order chi connectivity index (χ0) is 10.9. The van der Waals surface area contributed by atoms with Crippen molar-refractivity contribution in [3.63, 3.8) is 0 Å². The van der Waals surface area contributed by atoms with Crippen LogP contribution in [-0.4, -0.2) is 20.1 Å². The van der Waals surface area contributed by atoms with E-state index in [4.69, 9.17) is 9.29 Å². The Kier molecular flexibility index (Phi) is 3.57. The Morgan fingerprint density at radius 3 is 2.36 bits per heavy atom. The number of benzene rings is 1. The highest BCUT2D eigenvalue weighted by Gasteiger charge is 2.17. The van der Waals surface area contributed by atoms with Gasteiger partial charge >= 0.3 is 0 Å². The van der Waals surface area contributed by atoms with E-state index in [2.05, 4.69) is 31.9 Å². The molecule has 1 aromatic rings. The normalized spacial score (nSPS) is 11.4. The molecule has 0 heterocycles. The van der Waals surface area contributed by atoms with Crippen molar-refractivity contribution in [1.82, 2.24) is 0 Å². The van der Waals surface area contributed by atoms with Gasteiger partial charge in [-0.2, -0.15) is 8.42 Å². The molecule has 7 heteroatoms. The van der Waals surface area contributed by atoms with Crippen molar-refractivity contribution in [1.29, 1.82) is 0 Å². The van der Waals surface area contributed by atoms with Crippen molar-refractivity contribution in [3.05, 3.63) is 21.1 Å². The molecule has 0 saturated heterocycles. The van der Waals surface area contributed by atoms with Crippen LogP contribution in [0.1, 0.15) is 0 Å². The second-order valence-electron chi connectivity index (χ2n) is 2.40. The first-order valence-corrected chi connectivity index (χ1v) is 6.39. The van der Waals surface area contributed by atoms with E-state index in [1.54, 1.807) is 6.07 Å². The molecule has 0 aliphatic heterocycles. The van der Waals surface area contributed by atoms with Crippen LogP contribution in [-0.2, 0) is 10.1 Å². The third kappa shape index (κ3) is 2.47. The van der Waals surface area contributed by atoms with E-state index in [0.717, 1.165) is 0 Å². The van der Waals surface area contributed by atoms with Gasteiger partial charge in [0.25, 0.3) is 10.1 Å². The van der Waals surface area contributed by atoms with E-state index >= 15 is 0 Å². The molecule has 0 spiro atoms. The molecule has 0 aliphatic rings. The standard InChI is InChI=1S/C7H6Br2O4S/c1-13-4-2-5(8)7(9)6(3-4)14(10,11)12/h2-3H,1H3,(H,10,11,12). The fourth-order valence-corrected chi connectivity index (χ4v) is 2.86. The molecule has 0 unspecified atom stereocenters. The molecule has 0 atom stereocenters. The minimum absolute atomic E-state index is 0.233. The van der Waals surface area contributed by atoms with E-state index in [0.29, 0.717) is 10.2 Å². The molecule has 4 nitrogen and oxygen atoms in total. The monoisotopic (exact) mass is 344 g/mol. The van der Waals surface area contributed by atoms with Crippen molar-refractivity contribution >= 4 is 42.0 Å². The molecule has 0 aliphatic carbocycles. The molecule has 1 rings (SSSR count). The highest BCUT2D eigenvalue weighted by molar-refractivity contribution is 9.13. The van der Waals surface area contributed by atoms with Gasteiger partial charge < -0.3 is 4.74 Å². The lowest BCUT2D eigenvalue weighted by Crippen LogP contribution is -2.00. The van der Waals surface area contributed by atoms with E-state index in [1.165, 1.54) is 13.2 Å². The van der Waals surface area contributed by atoms with E-state index in [1.807, 2.05) is 0 Å². The topological polar surface area (TPSA) is 63.6 Å². The minimum Gasteiger partial charge on any atom is -0.497 e. The summed E-state index contributed by atoms with van der Waals surface area (Å²) >= 11 is 6.17. The Balaban J connectivity index is 3.51. The van der Waals surface area contributed by atoms with Crippen molar-refractivity contribution in [2.45, 2.75) is 4.90 Å². The molecule has 78 valence electrons. The summed E-state index contributed by atoms with van der Waals surface area (Å²) in [5, 5.41) is 0. The smallest absolute Gasteiger partial charge is 0.295 e. The van der Waals surface area contributed by atoms with Gasteiger partial charge in [-0.3, -0.25) is 4.55 Å². The van der Waals surface area contributed by atoms with Crippen molar-refractivity contribution in [3.8, 4) is 5.75 Å². The fourth-order valence-electron chi connectivity index (χ4n) is 0.846. The second-order valence-corrected chi connectivity index (χ2v) is 5.43. The van der Waals surface area contributed by atoms with E-state index in [9.17, 15) is 8.42 Å². The quantitative estimate of drug-likeness (QED) is 0.836. The first kappa shape index (κ1) is 12.0. The van der Waals surface area contributed by atoms with Gasteiger partial charge in [-0.1, -0.05) is 0 Å². The van der Waals surface area contributed by atoms with Crippen molar-refractivity contribution in [2.24, 2.45) is 0 Å². The fraction of sp³-hybridized carbons (Fsp3) is 0.143. The first-order chi connectivity index (χ1) is 6.36. The Morgan fingerprint density at radius 1 is 1.36 bits per heavy atom. The Morgan fingerprint density at radius 2 is 1.93 bits per heavy atom. The van der Waals surface area contributed by atoms with Gasteiger partial charge in [-0.05, 0) is 37.9 Å². The van der Waals surface area contributed by atoms with Crippen LogP contribution in [0.2, 0.25) is 0 Å². The van der Waals surface area contributed by atoms with Gasteiger partial charge in [0.1, 0.15) is 10.6 Å². The number of rotatable bonds is 2. The predicted molar refractivity (Wildman–Crippen MR) is 58.2 cm³/mol. The van der Waals surface area contributed by atoms with Crippen LogP contribution in [0, 0.1) is 0 Å². The summed E-state index contributed by atoms with van der Waals surface area (Å²) in [6, 6.07) is 2.81. The summed E-state index contributed by atoms with van der Waals surface area (Å²) in [6.07, 6.45) is 0. The summed E-state index contributed by atoms with van der Waals surface area (Å²) < 4.78 is 36.3. The third-order valence-electron chi connectivity index (χ3n) is 1.48. The summed E-state index contributed by atoms with van der Waals surface area (Å²) in [5.41, 5.74) is 0. The molecular formula is C7H6Br2O4S. The number of halogens is 2. The van der Waals surface area contributed by atoms with Crippen LogP contribution in [0.25, 0.3) is 0 Å². The minimum atomic E-state index is -4.25. The maximum atomic E-state index is 10.9. The van der Waals surface area contributed by atoms with E-state index in [-0.39, 0.29) is 9.37 Å². The van der Waals surface area contributed by atoms with Crippen LogP contribution in [0.4, 0.5) is 0 Å². The summed E-state index contributed by atoms with van der Waals surface area (Å²) in [4.78, 5) is -0.233. The number of hydrogen-bond acceptors (Lipinski definition) is 3. The molecule has 1 N–H and O–H groups in total.